The first-order valence-corrected chi connectivity index (χ1v) is 8.79. The highest BCUT2D eigenvalue weighted by molar-refractivity contribution is 5.69. The van der Waals surface area contributed by atoms with Crippen LogP contribution < -0.4 is 0 Å². The van der Waals surface area contributed by atoms with Gasteiger partial charge in [0.1, 0.15) is 12.2 Å². The van der Waals surface area contributed by atoms with Crippen LogP contribution in [0.25, 0.3) is 12.2 Å². The van der Waals surface area contributed by atoms with Gasteiger partial charge in [0.2, 0.25) is 0 Å². The lowest BCUT2D eigenvalue weighted by Gasteiger charge is -2.43. The van der Waals surface area contributed by atoms with Crippen molar-refractivity contribution in [3.8, 4) is 0 Å². The number of aliphatic hydroxyl groups excluding tert-OH is 4. The van der Waals surface area contributed by atoms with Crippen LogP contribution in [0, 0.1) is 0 Å². The van der Waals surface area contributed by atoms with Gasteiger partial charge in [-0.1, -0.05) is 66.7 Å². The Bertz CT molecular complexity index is 717. The normalized spacial score (nSPS) is 27.1. The summed E-state index contributed by atoms with van der Waals surface area (Å²) in [4.78, 5) is 1.80. The average Bonchev–Trinajstić information content (AvgIpc) is 2.67. The zero-order chi connectivity index (χ0) is 18.5. The Kier molecular flexibility index (Phi) is 6.19. The molecule has 0 bridgehead atoms. The Balaban J connectivity index is 1.66. The van der Waals surface area contributed by atoms with E-state index in [0.29, 0.717) is 6.54 Å². The van der Waals surface area contributed by atoms with Crippen LogP contribution in [-0.4, -0.2) is 62.8 Å². The summed E-state index contributed by atoms with van der Waals surface area (Å²) < 4.78 is 0. The minimum absolute atomic E-state index is 0.207. The fraction of sp³-hybridized carbons (Fsp3) is 0.333. The summed E-state index contributed by atoms with van der Waals surface area (Å²) in [5, 5.41) is 39.3. The minimum atomic E-state index is -1.23. The van der Waals surface area contributed by atoms with Gasteiger partial charge in [-0.25, -0.2) is 0 Å². The molecule has 0 aliphatic carbocycles. The zero-order valence-electron chi connectivity index (χ0n) is 14.5. The van der Waals surface area contributed by atoms with Crippen molar-refractivity contribution in [2.45, 2.75) is 30.9 Å². The number of likely N-dealkylation sites (tertiary alicyclic amines) is 1. The number of piperidine rings is 1. The molecule has 2 aromatic carbocycles. The fourth-order valence-corrected chi connectivity index (χ4v) is 3.29. The molecule has 2 aromatic rings. The number of β-amino-alcohol motifs (C(OH)–C–C–N with tert-alkyl or cyclic N) is 1. The highest BCUT2D eigenvalue weighted by atomic mass is 16.4. The Labute approximate surface area is 153 Å². The van der Waals surface area contributed by atoms with E-state index in [-0.39, 0.29) is 13.2 Å². The third-order valence-corrected chi connectivity index (χ3v) is 4.85. The SMILES string of the molecule is OC[C@H]1[C@@H](O)C(O)[C@@H](O)CN1Cc1ccc(/C=C/c2ccccc2)cc1. The van der Waals surface area contributed by atoms with Crippen molar-refractivity contribution in [2.24, 2.45) is 0 Å². The third-order valence-electron chi connectivity index (χ3n) is 4.85. The first kappa shape index (κ1) is 18.8. The Hall–Kier alpha value is -2.02. The molecule has 4 N–H and O–H groups in total. The van der Waals surface area contributed by atoms with Crippen molar-refractivity contribution in [2.75, 3.05) is 13.2 Å². The number of aliphatic hydroxyl groups is 4. The number of benzene rings is 2. The van der Waals surface area contributed by atoms with Crippen LogP contribution in [0.1, 0.15) is 16.7 Å². The summed E-state index contributed by atoms with van der Waals surface area (Å²) >= 11 is 0. The summed E-state index contributed by atoms with van der Waals surface area (Å²) in [6, 6.07) is 17.5. The maximum absolute atomic E-state index is 10.1. The van der Waals surface area contributed by atoms with Crippen LogP contribution >= 0.6 is 0 Å². The summed E-state index contributed by atoms with van der Waals surface area (Å²) in [6.45, 7) is 0.413. The number of hydrogen-bond acceptors (Lipinski definition) is 5. The van der Waals surface area contributed by atoms with Gasteiger partial charge in [-0.05, 0) is 16.7 Å². The molecule has 0 saturated carbocycles. The van der Waals surface area contributed by atoms with Crippen molar-refractivity contribution in [3.05, 3.63) is 71.3 Å². The number of hydrogen-bond donors (Lipinski definition) is 4. The first-order chi connectivity index (χ1) is 12.6. The van der Waals surface area contributed by atoms with Crippen LogP contribution in [0.15, 0.2) is 54.6 Å². The van der Waals surface area contributed by atoms with E-state index in [2.05, 4.69) is 6.08 Å². The molecule has 1 heterocycles. The molecule has 26 heavy (non-hydrogen) atoms. The smallest absolute Gasteiger partial charge is 0.109 e. The molecular weight excluding hydrogens is 330 g/mol. The van der Waals surface area contributed by atoms with Gasteiger partial charge >= 0.3 is 0 Å². The maximum Gasteiger partial charge on any atom is 0.109 e. The average molecular weight is 355 g/mol. The van der Waals surface area contributed by atoms with Crippen molar-refractivity contribution < 1.29 is 20.4 Å². The molecule has 3 rings (SSSR count). The standard InChI is InChI=1S/C21H25NO4/c23-14-18-20(25)21(26)19(24)13-22(18)12-17-10-8-16(9-11-17)7-6-15-4-2-1-3-5-15/h1-11,18-21,23-26H,12-14H2/b7-6+/t18-,19-,20+,21?/m0/s1. The van der Waals surface area contributed by atoms with E-state index in [9.17, 15) is 20.4 Å². The van der Waals surface area contributed by atoms with Crippen molar-refractivity contribution in [1.29, 1.82) is 0 Å². The summed E-state index contributed by atoms with van der Waals surface area (Å²) in [5.41, 5.74) is 3.22. The lowest BCUT2D eigenvalue weighted by Crippen LogP contribution is -2.62. The van der Waals surface area contributed by atoms with Crippen LogP contribution in [0.3, 0.4) is 0 Å². The lowest BCUT2D eigenvalue weighted by atomic mass is 9.93. The second-order valence-electron chi connectivity index (χ2n) is 6.71. The molecule has 1 fully saturated rings. The largest absolute Gasteiger partial charge is 0.395 e. The van der Waals surface area contributed by atoms with E-state index in [1.54, 1.807) is 4.90 Å². The second-order valence-corrected chi connectivity index (χ2v) is 6.71. The van der Waals surface area contributed by atoms with Crippen LogP contribution in [0.2, 0.25) is 0 Å². The van der Waals surface area contributed by atoms with Gasteiger partial charge in [0, 0.05) is 13.1 Å². The highest BCUT2D eigenvalue weighted by Gasteiger charge is 2.40. The van der Waals surface area contributed by atoms with Crippen LogP contribution in [0.4, 0.5) is 0 Å². The molecule has 0 radical (unpaired) electrons. The molecule has 4 atom stereocenters. The molecule has 1 saturated heterocycles. The van der Waals surface area contributed by atoms with E-state index >= 15 is 0 Å². The monoisotopic (exact) mass is 355 g/mol. The van der Waals surface area contributed by atoms with Gasteiger partial charge in [0.25, 0.3) is 0 Å². The molecule has 1 aliphatic rings. The van der Waals surface area contributed by atoms with Gasteiger partial charge in [0.15, 0.2) is 0 Å². The maximum atomic E-state index is 10.1. The van der Waals surface area contributed by atoms with Gasteiger partial charge in [-0.3, -0.25) is 4.90 Å². The third kappa shape index (κ3) is 4.38. The van der Waals surface area contributed by atoms with Crippen molar-refractivity contribution in [1.82, 2.24) is 4.90 Å². The molecule has 5 heteroatoms. The Morgan fingerprint density at radius 1 is 0.846 bits per heavy atom. The predicted octanol–water partition coefficient (Wildman–Crippen LogP) is 1.12. The first-order valence-electron chi connectivity index (χ1n) is 8.79. The van der Waals surface area contributed by atoms with E-state index in [1.165, 1.54) is 0 Å². The lowest BCUT2D eigenvalue weighted by molar-refractivity contribution is -0.147. The molecule has 138 valence electrons. The Morgan fingerprint density at radius 3 is 2.08 bits per heavy atom. The summed E-state index contributed by atoms with van der Waals surface area (Å²) in [7, 11) is 0. The quantitative estimate of drug-likeness (QED) is 0.604. The Morgan fingerprint density at radius 2 is 1.46 bits per heavy atom. The van der Waals surface area contributed by atoms with Gasteiger partial charge in [0.05, 0.1) is 18.8 Å². The molecule has 1 aliphatic heterocycles. The number of nitrogens with zero attached hydrogens (tertiary/aromatic N) is 1. The molecule has 0 aromatic heterocycles. The van der Waals surface area contributed by atoms with Crippen molar-refractivity contribution >= 4 is 12.2 Å². The van der Waals surface area contributed by atoms with Gasteiger partial charge < -0.3 is 20.4 Å². The second kappa shape index (κ2) is 8.58. The molecular formula is C21H25NO4. The van der Waals surface area contributed by atoms with Gasteiger partial charge in [-0.2, -0.15) is 0 Å². The minimum Gasteiger partial charge on any atom is -0.395 e. The molecule has 0 amide bonds. The van der Waals surface area contributed by atoms with E-state index in [1.807, 2.05) is 60.7 Å². The molecule has 5 nitrogen and oxygen atoms in total. The van der Waals surface area contributed by atoms with Crippen LogP contribution in [0.5, 0.6) is 0 Å². The van der Waals surface area contributed by atoms with Crippen LogP contribution in [-0.2, 0) is 6.54 Å². The predicted molar refractivity (Wildman–Crippen MR) is 101 cm³/mol. The molecule has 1 unspecified atom stereocenters. The zero-order valence-corrected chi connectivity index (χ0v) is 14.5. The fourth-order valence-electron chi connectivity index (χ4n) is 3.29. The number of rotatable bonds is 5. The van der Waals surface area contributed by atoms with E-state index in [4.69, 9.17) is 0 Å². The summed E-state index contributed by atoms with van der Waals surface area (Å²) in [5.74, 6) is 0. The van der Waals surface area contributed by atoms with E-state index in [0.717, 1.165) is 16.7 Å². The highest BCUT2D eigenvalue weighted by Crippen LogP contribution is 2.21. The van der Waals surface area contributed by atoms with Crippen molar-refractivity contribution in [3.63, 3.8) is 0 Å². The summed E-state index contributed by atoms with van der Waals surface area (Å²) in [6.07, 6.45) is 0.669. The topological polar surface area (TPSA) is 84.2 Å². The van der Waals surface area contributed by atoms with E-state index < -0.39 is 24.4 Å². The molecule has 0 spiro atoms. The van der Waals surface area contributed by atoms with Gasteiger partial charge in [-0.15, -0.1) is 0 Å².